The monoisotopic (exact) mass is 225 g/mol. The van der Waals surface area contributed by atoms with Crippen molar-refractivity contribution in [1.29, 1.82) is 0 Å². The molecule has 4 heteroatoms. The van der Waals surface area contributed by atoms with E-state index in [-0.39, 0.29) is 6.03 Å². The second kappa shape index (κ2) is 5.53. The van der Waals surface area contributed by atoms with Gasteiger partial charge < -0.3 is 15.5 Å². The molecular weight excluding hydrogens is 202 g/mol. The van der Waals surface area contributed by atoms with Gasteiger partial charge in [0.1, 0.15) is 0 Å². The van der Waals surface area contributed by atoms with Crippen molar-refractivity contribution in [3.8, 4) is 0 Å². The lowest BCUT2D eigenvalue weighted by atomic mass is 9.99. The van der Waals surface area contributed by atoms with E-state index >= 15 is 0 Å². The number of likely N-dealkylation sites (tertiary alicyclic amines) is 2. The van der Waals surface area contributed by atoms with Crippen LogP contribution in [-0.2, 0) is 0 Å². The summed E-state index contributed by atoms with van der Waals surface area (Å²) in [7, 11) is 0. The van der Waals surface area contributed by atoms with Crippen molar-refractivity contribution in [1.82, 2.24) is 9.80 Å². The van der Waals surface area contributed by atoms with E-state index in [9.17, 15) is 4.79 Å². The summed E-state index contributed by atoms with van der Waals surface area (Å²) in [6.07, 6.45) is 7.27. The second-order valence-electron chi connectivity index (χ2n) is 5.02. The first-order chi connectivity index (χ1) is 7.77. The number of nitrogens with zero attached hydrogens (tertiary/aromatic N) is 2. The van der Waals surface area contributed by atoms with Crippen LogP contribution in [0.25, 0.3) is 0 Å². The van der Waals surface area contributed by atoms with E-state index in [2.05, 4.69) is 4.90 Å². The van der Waals surface area contributed by atoms with Gasteiger partial charge in [0.05, 0.1) is 0 Å². The molecule has 2 amide bonds. The molecule has 2 saturated heterocycles. The van der Waals surface area contributed by atoms with Crippen LogP contribution in [0.3, 0.4) is 0 Å². The van der Waals surface area contributed by atoms with Gasteiger partial charge in [0.25, 0.3) is 0 Å². The van der Waals surface area contributed by atoms with Gasteiger partial charge >= 0.3 is 6.03 Å². The minimum atomic E-state index is -0.230. The van der Waals surface area contributed by atoms with Gasteiger partial charge in [0, 0.05) is 19.1 Å². The predicted octanol–water partition coefficient (Wildman–Crippen LogP) is 1.41. The summed E-state index contributed by atoms with van der Waals surface area (Å²) < 4.78 is 0. The average Bonchev–Trinajstić information content (AvgIpc) is 2.79. The Kier molecular flexibility index (Phi) is 4.04. The van der Waals surface area contributed by atoms with Gasteiger partial charge in [-0.05, 0) is 51.6 Å². The van der Waals surface area contributed by atoms with Crippen LogP contribution in [0.2, 0.25) is 0 Å². The molecule has 92 valence electrons. The van der Waals surface area contributed by atoms with Crippen LogP contribution < -0.4 is 5.73 Å². The second-order valence-corrected chi connectivity index (χ2v) is 5.02. The third kappa shape index (κ3) is 2.88. The summed E-state index contributed by atoms with van der Waals surface area (Å²) in [5, 5.41) is 0. The maximum atomic E-state index is 11.3. The first kappa shape index (κ1) is 11.7. The highest BCUT2D eigenvalue weighted by atomic mass is 16.2. The van der Waals surface area contributed by atoms with Crippen LogP contribution in [0, 0.1) is 0 Å². The van der Waals surface area contributed by atoms with Crippen LogP contribution in [0.1, 0.15) is 38.5 Å². The number of nitrogens with two attached hydrogens (primary N) is 1. The molecule has 2 fully saturated rings. The van der Waals surface area contributed by atoms with Crippen LogP contribution in [0.15, 0.2) is 0 Å². The summed E-state index contributed by atoms with van der Waals surface area (Å²) in [5.74, 6) is 0. The number of primary amides is 1. The zero-order chi connectivity index (χ0) is 11.4. The summed E-state index contributed by atoms with van der Waals surface area (Å²) in [6, 6.07) is 0.165. The van der Waals surface area contributed by atoms with E-state index in [1.165, 1.54) is 32.4 Å². The number of piperidine rings is 1. The van der Waals surface area contributed by atoms with E-state index < -0.39 is 0 Å². The molecule has 0 bridgehead atoms. The zero-order valence-corrected chi connectivity index (χ0v) is 10.0. The Labute approximate surface area is 97.8 Å². The highest BCUT2D eigenvalue weighted by Gasteiger charge is 2.25. The molecular formula is C12H23N3O. The van der Waals surface area contributed by atoms with Crippen molar-refractivity contribution in [3.63, 3.8) is 0 Å². The molecule has 2 heterocycles. The highest BCUT2D eigenvalue weighted by Crippen LogP contribution is 2.20. The molecule has 0 radical (unpaired) electrons. The number of carbonyl (C=O) groups excluding carboxylic acids is 1. The Hall–Kier alpha value is -0.770. The molecule has 0 aromatic carbocycles. The fourth-order valence-corrected chi connectivity index (χ4v) is 2.93. The zero-order valence-electron chi connectivity index (χ0n) is 10.0. The van der Waals surface area contributed by atoms with Gasteiger partial charge in [0.15, 0.2) is 0 Å². The SMILES string of the molecule is NC(=O)N1CCCCC1CCN1CCCC1. The Morgan fingerprint density at radius 2 is 1.81 bits per heavy atom. The summed E-state index contributed by atoms with van der Waals surface area (Å²) >= 11 is 0. The normalized spacial score (nSPS) is 27.2. The van der Waals surface area contributed by atoms with Crippen LogP contribution >= 0.6 is 0 Å². The molecule has 0 aromatic rings. The summed E-state index contributed by atoms with van der Waals surface area (Å²) in [5.41, 5.74) is 5.41. The number of hydrogen-bond acceptors (Lipinski definition) is 2. The van der Waals surface area contributed by atoms with E-state index in [1.807, 2.05) is 4.90 Å². The molecule has 4 nitrogen and oxygen atoms in total. The average molecular weight is 225 g/mol. The van der Waals surface area contributed by atoms with Gasteiger partial charge in [0.2, 0.25) is 0 Å². The van der Waals surface area contributed by atoms with Gasteiger partial charge in [-0.3, -0.25) is 0 Å². The molecule has 2 rings (SSSR count). The molecule has 0 aliphatic carbocycles. The van der Waals surface area contributed by atoms with Crippen molar-refractivity contribution in [3.05, 3.63) is 0 Å². The minimum Gasteiger partial charge on any atom is -0.351 e. The molecule has 0 aromatic heterocycles. The smallest absolute Gasteiger partial charge is 0.315 e. The van der Waals surface area contributed by atoms with Crippen molar-refractivity contribution >= 4 is 6.03 Å². The fourth-order valence-electron chi connectivity index (χ4n) is 2.93. The maximum absolute atomic E-state index is 11.3. The molecule has 16 heavy (non-hydrogen) atoms. The molecule has 0 saturated carbocycles. The molecule has 1 atom stereocenters. The van der Waals surface area contributed by atoms with E-state index in [0.717, 1.165) is 32.4 Å². The Morgan fingerprint density at radius 1 is 1.12 bits per heavy atom. The first-order valence-electron chi connectivity index (χ1n) is 6.56. The van der Waals surface area contributed by atoms with Crippen LogP contribution in [0.4, 0.5) is 4.79 Å². The quantitative estimate of drug-likeness (QED) is 0.789. The van der Waals surface area contributed by atoms with Gasteiger partial charge in [-0.25, -0.2) is 4.79 Å². The molecule has 1 unspecified atom stereocenters. The summed E-state index contributed by atoms with van der Waals surface area (Å²) in [4.78, 5) is 15.7. The lowest BCUT2D eigenvalue weighted by Crippen LogP contribution is -2.47. The topological polar surface area (TPSA) is 49.6 Å². The number of urea groups is 1. The van der Waals surface area contributed by atoms with E-state index in [1.54, 1.807) is 0 Å². The highest BCUT2D eigenvalue weighted by molar-refractivity contribution is 5.72. The standard InChI is InChI=1S/C12H23N3O/c13-12(16)15-9-2-1-5-11(15)6-10-14-7-3-4-8-14/h11H,1-10H2,(H2,13,16). The van der Waals surface area contributed by atoms with Crippen molar-refractivity contribution in [2.24, 2.45) is 5.73 Å². The Morgan fingerprint density at radius 3 is 2.50 bits per heavy atom. The lowest BCUT2D eigenvalue weighted by Gasteiger charge is -2.35. The van der Waals surface area contributed by atoms with E-state index in [4.69, 9.17) is 5.73 Å². The Bertz CT molecular complexity index is 238. The van der Waals surface area contributed by atoms with Crippen molar-refractivity contribution in [2.75, 3.05) is 26.2 Å². The lowest BCUT2D eigenvalue weighted by molar-refractivity contribution is 0.146. The summed E-state index contributed by atoms with van der Waals surface area (Å²) in [6.45, 7) is 4.47. The third-order valence-electron chi connectivity index (χ3n) is 3.89. The van der Waals surface area contributed by atoms with Crippen molar-refractivity contribution in [2.45, 2.75) is 44.6 Å². The molecule has 2 aliphatic heterocycles. The van der Waals surface area contributed by atoms with Gasteiger partial charge in [-0.2, -0.15) is 0 Å². The van der Waals surface area contributed by atoms with Crippen LogP contribution in [-0.4, -0.2) is 48.1 Å². The minimum absolute atomic E-state index is 0.230. The fraction of sp³-hybridized carbons (Fsp3) is 0.917. The maximum Gasteiger partial charge on any atom is 0.315 e. The molecule has 0 spiro atoms. The van der Waals surface area contributed by atoms with Gasteiger partial charge in [-0.1, -0.05) is 0 Å². The predicted molar refractivity (Wildman–Crippen MR) is 64.2 cm³/mol. The number of amides is 2. The largest absolute Gasteiger partial charge is 0.351 e. The number of rotatable bonds is 3. The third-order valence-corrected chi connectivity index (χ3v) is 3.89. The first-order valence-corrected chi connectivity index (χ1v) is 6.56. The Balaban J connectivity index is 1.78. The van der Waals surface area contributed by atoms with Gasteiger partial charge in [-0.15, -0.1) is 0 Å². The van der Waals surface area contributed by atoms with Crippen molar-refractivity contribution < 1.29 is 4.79 Å². The van der Waals surface area contributed by atoms with E-state index in [0.29, 0.717) is 6.04 Å². The number of carbonyl (C=O) groups is 1. The molecule has 2 aliphatic rings. The molecule has 2 N–H and O–H groups in total. The number of hydrogen-bond donors (Lipinski definition) is 1. The van der Waals surface area contributed by atoms with Crippen LogP contribution in [0.5, 0.6) is 0 Å².